The van der Waals surface area contributed by atoms with Crippen molar-refractivity contribution in [3.8, 4) is 0 Å². The number of carbonyl (C=O) groups is 4. The minimum Gasteiger partial charge on any atom is -1.00 e. The summed E-state index contributed by atoms with van der Waals surface area (Å²) in [6.07, 6.45) is 5.16. The Morgan fingerprint density at radius 3 is 1.11 bits per heavy atom. The Kier molecular flexibility index (Phi) is 76.9. The first-order chi connectivity index (χ1) is 21.1. The number of nitrogens with two attached hydrogens (primary N) is 3. The number of benzene rings is 2. The number of imide groups is 2. The molecule has 2 aromatic rings. The Labute approximate surface area is 378 Å². The summed E-state index contributed by atoms with van der Waals surface area (Å²) < 4.78 is 0. The van der Waals surface area contributed by atoms with Crippen LogP contribution in [0.2, 0.25) is 0 Å². The van der Waals surface area contributed by atoms with Crippen LogP contribution >= 0.6 is 15.9 Å². The van der Waals surface area contributed by atoms with Crippen LogP contribution in [0.5, 0.6) is 0 Å². The van der Waals surface area contributed by atoms with E-state index >= 15 is 0 Å². The molecule has 11 nitrogen and oxygen atoms in total. The molecule has 0 aromatic heterocycles. The molecule has 0 atom stereocenters. The molecule has 0 spiro atoms. The lowest BCUT2D eigenvalue weighted by molar-refractivity contribution is -0.00100. The van der Waals surface area contributed by atoms with Crippen molar-refractivity contribution < 1.29 is 70.1 Å². The van der Waals surface area contributed by atoms with Gasteiger partial charge in [-0.05, 0) is 63.5 Å². The van der Waals surface area contributed by atoms with Crippen molar-refractivity contribution in [1.82, 2.24) is 9.80 Å². The standard InChI is InChI=1S/C11H11NO2.C10H8BrNO2.C7H15N3.C3H9N.CH5N.8CH4.3BrH/c1-2-7-12-10(13)8-5-3-4-6-9(8)11(12)14;11-5-6-12-9(13)7-3-1-2-4-8(7)10(12)14;1-2-3-4-6(8)5-7(9)10;1-2-3-4;1-2;;;;;;;;;;;/h3-6H,2,7H2,1H3;1-4H,5-6H2;8H,2-5H2,1H3,(H3,9,10);2-4H2,1H3;2H2,1H3;8*1H4;3*1H/p-3. The molecule has 2 aromatic carbocycles. The summed E-state index contributed by atoms with van der Waals surface area (Å²) in [5.74, 6) is -0.601. The van der Waals surface area contributed by atoms with E-state index in [1.54, 1.807) is 48.5 Å². The highest BCUT2D eigenvalue weighted by atomic mass is 79.9. The summed E-state index contributed by atoms with van der Waals surface area (Å²) in [6.45, 7) is 7.84. The molecule has 8 N–H and O–H groups in total. The molecule has 4 amide bonds. The van der Waals surface area contributed by atoms with Crippen molar-refractivity contribution in [2.45, 2.75) is 119 Å². The first-order valence-corrected chi connectivity index (χ1v) is 15.8. The Hall–Kier alpha value is -2.30. The maximum atomic E-state index is 11.7. The fourth-order valence-electron chi connectivity index (χ4n) is 3.90. The lowest BCUT2D eigenvalue weighted by atomic mass is 10.1. The number of nitrogens with zero attached hydrogens (tertiary/aromatic N) is 2. The minimum absolute atomic E-state index is 0. The molecule has 2 aliphatic heterocycles. The molecule has 15 heteroatoms. The van der Waals surface area contributed by atoms with Crippen LogP contribution < -0.4 is 68.1 Å². The molecule has 2 heterocycles. The zero-order valence-electron chi connectivity index (χ0n) is 27.5. The van der Waals surface area contributed by atoms with Crippen LogP contribution in [-0.4, -0.2) is 77.0 Å². The fourth-order valence-corrected chi connectivity index (χ4v) is 4.26. The molecule has 0 saturated carbocycles. The van der Waals surface area contributed by atoms with Crippen LogP contribution in [0.15, 0.2) is 48.5 Å². The van der Waals surface area contributed by atoms with E-state index in [9.17, 15) is 19.2 Å². The Balaban J connectivity index is -0.0000000434. The average molecular weight is 1040 g/mol. The normalized spacial score (nSPS) is 9.87. The molecule has 330 valence electrons. The SMILES string of the molecule is C.C.C.C.C.C.C.C.CCCCC(=N)CC(=N)N.CCCN.CCCN1C(=O)c2ccccc2C1=O.CN.O=C1c2ccccc2C(=O)N1CCBr.[Br-].[Br-].[Br-]. The Morgan fingerprint density at radius 1 is 0.600 bits per heavy atom. The van der Waals surface area contributed by atoms with Gasteiger partial charge in [0.1, 0.15) is 0 Å². The van der Waals surface area contributed by atoms with Crippen LogP contribution in [0.25, 0.3) is 0 Å². The van der Waals surface area contributed by atoms with Crippen molar-refractivity contribution in [3.63, 3.8) is 0 Å². The van der Waals surface area contributed by atoms with E-state index in [4.69, 9.17) is 22.3 Å². The van der Waals surface area contributed by atoms with Crippen molar-refractivity contribution >= 4 is 51.1 Å². The zero-order chi connectivity index (χ0) is 33.7. The maximum Gasteiger partial charge on any atom is 0.261 e. The smallest absolute Gasteiger partial charge is 0.261 e. The van der Waals surface area contributed by atoms with E-state index in [1.807, 2.05) is 6.92 Å². The van der Waals surface area contributed by atoms with Crippen molar-refractivity contribution in [1.29, 1.82) is 10.8 Å². The van der Waals surface area contributed by atoms with Gasteiger partial charge in [-0.15, -0.1) is 0 Å². The van der Waals surface area contributed by atoms with Crippen LogP contribution in [0, 0.1) is 10.8 Å². The van der Waals surface area contributed by atoms with Gasteiger partial charge in [0.05, 0.1) is 28.1 Å². The molecule has 0 radical (unpaired) electrons. The molecule has 0 fully saturated rings. The van der Waals surface area contributed by atoms with Crippen molar-refractivity contribution in [2.24, 2.45) is 17.2 Å². The summed E-state index contributed by atoms with van der Waals surface area (Å²) in [4.78, 5) is 49.3. The first-order valence-electron chi connectivity index (χ1n) is 14.7. The molecule has 0 aliphatic carbocycles. The van der Waals surface area contributed by atoms with Crippen LogP contribution in [-0.2, 0) is 0 Å². The van der Waals surface area contributed by atoms with Crippen LogP contribution in [0.1, 0.15) is 160 Å². The van der Waals surface area contributed by atoms with Gasteiger partial charge < -0.3 is 73.6 Å². The maximum absolute atomic E-state index is 11.7. The predicted molar refractivity (Wildman–Crippen MR) is 235 cm³/mol. The Bertz CT molecular complexity index is 1120. The van der Waals surface area contributed by atoms with Gasteiger partial charge in [-0.2, -0.15) is 0 Å². The van der Waals surface area contributed by atoms with Gasteiger partial charge in [0.15, 0.2) is 0 Å². The number of carbonyl (C=O) groups excluding carboxylic acids is 4. The highest BCUT2D eigenvalue weighted by Gasteiger charge is 2.35. The van der Waals surface area contributed by atoms with Gasteiger partial charge in [-0.3, -0.25) is 34.4 Å². The van der Waals surface area contributed by atoms with Crippen LogP contribution in [0.4, 0.5) is 0 Å². The number of unbranched alkanes of at least 4 members (excludes halogenated alkanes) is 1. The van der Waals surface area contributed by atoms with Gasteiger partial charge in [0.25, 0.3) is 23.6 Å². The number of fused-ring (bicyclic) bond motifs is 2. The van der Waals surface area contributed by atoms with E-state index in [2.05, 4.69) is 35.5 Å². The summed E-state index contributed by atoms with van der Waals surface area (Å²) >= 11 is 3.21. The third kappa shape index (κ3) is 28.7. The molecule has 4 rings (SSSR count). The first kappa shape index (κ1) is 85.0. The van der Waals surface area contributed by atoms with E-state index in [0.29, 0.717) is 52.8 Å². The number of amides is 4. The number of hydrogen-bond donors (Lipinski definition) is 5. The number of rotatable bonds is 10. The molecular weight excluding hydrogens is 962 g/mol. The molecule has 0 saturated heterocycles. The van der Waals surface area contributed by atoms with Gasteiger partial charge in [0.2, 0.25) is 0 Å². The van der Waals surface area contributed by atoms with Crippen molar-refractivity contribution in [3.05, 3.63) is 70.8 Å². The molecule has 0 bridgehead atoms. The van der Waals surface area contributed by atoms with E-state index in [1.165, 1.54) is 16.8 Å². The summed E-state index contributed by atoms with van der Waals surface area (Å²) in [7, 11) is 1.50. The van der Waals surface area contributed by atoms with Crippen molar-refractivity contribution in [2.75, 3.05) is 32.0 Å². The second kappa shape index (κ2) is 49.7. The number of halogens is 4. The van der Waals surface area contributed by atoms with Gasteiger partial charge >= 0.3 is 0 Å². The van der Waals surface area contributed by atoms with Gasteiger partial charge in [0, 0.05) is 30.6 Å². The Morgan fingerprint density at radius 2 is 0.891 bits per heavy atom. The number of amidine groups is 1. The number of hydrogen-bond acceptors (Lipinski definition) is 8. The van der Waals surface area contributed by atoms with Gasteiger partial charge in [-0.25, -0.2) is 0 Å². The number of alkyl halides is 1. The van der Waals surface area contributed by atoms with Gasteiger partial charge in [-0.1, -0.05) is 127 Å². The fraction of sp³-hybridized carbons (Fsp3) is 0.550. The molecule has 0 unspecified atom stereocenters. The molecular formula is C40H80Br4N7O4-3. The minimum atomic E-state index is -0.190. The average Bonchev–Trinajstić information content (AvgIpc) is 3.42. The largest absolute Gasteiger partial charge is 1.00 e. The van der Waals surface area contributed by atoms with E-state index in [0.717, 1.165) is 38.6 Å². The lowest BCUT2D eigenvalue weighted by Gasteiger charge is -2.11. The van der Waals surface area contributed by atoms with E-state index in [-0.39, 0.29) is 140 Å². The summed E-state index contributed by atoms with van der Waals surface area (Å²) in [5, 5.41) is 14.8. The highest BCUT2D eigenvalue weighted by molar-refractivity contribution is 9.09. The number of nitrogens with one attached hydrogen (secondary N) is 2. The monoisotopic (exact) mass is 1040 g/mol. The summed E-state index contributed by atoms with van der Waals surface area (Å²) in [5.41, 5.74) is 17.3. The van der Waals surface area contributed by atoms with Crippen LogP contribution in [0.3, 0.4) is 0 Å². The quantitative estimate of drug-likeness (QED) is 0.101. The molecule has 2 aliphatic rings. The second-order valence-electron chi connectivity index (χ2n) is 9.50. The third-order valence-corrected chi connectivity index (χ3v) is 6.39. The predicted octanol–water partition coefficient (Wildman–Crippen LogP) is 0.923. The topological polar surface area (TPSA) is 201 Å². The molecule has 55 heavy (non-hydrogen) atoms. The van der Waals surface area contributed by atoms with E-state index < -0.39 is 0 Å². The lowest BCUT2D eigenvalue weighted by Crippen LogP contribution is -3.00. The summed E-state index contributed by atoms with van der Waals surface area (Å²) in [6, 6.07) is 13.9. The second-order valence-corrected chi connectivity index (χ2v) is 10.3. The zero-order valence-corrected chi connectivity index (χ0v) is 33.8. The highest BCUT2D eigenvalue weighted by Crippen LogP contribution is 2.23. The third-order valence-electron chi connectivity index (χ3n) is 6.04.